The van der Waals surface area contributed by atoms with Gasteiger partial charge in [0.15, 0.2) is 46.2 Å². The van der Waals surface area contributed by atoms with Crippen LogP contribution in [0.25, 0.3) is 48.6 Å². The van der Waals surface area contributed by atoms with Crippen LogP contribution in [0.1, 0.15) is 50.1 Å². The maximum absolute atomic E-state index is 11.5. The van der Waals surface area contributed by atoms with Crippen molar-refractivity contribution in [2.45, 2.75) is 6.61 Å². The fourth-order valence-electron chi connectivity index (χ4n) is 9.13. The Labute approximate surface area is 684 Å². The second kappa shape index (κ2) is 58.0. The van der Waals surface area contributed by atoms with E-state index in [1.165, 1.54) is 0 Å². The molecule has 0 heterocycles. The lowest BCUT2D eigenvalue weighted by Gasteiger charge is -2.07. The molecule has 624 valence electrons. The van der Waals surface area contributed by atoms with Crippen LogP contribution in [-0.4, -0.2) is 203 Å². The highest BCUT2D eigenvalue weighted by atomic mass is 16.6. The summed E-state index contributed by atoms with van der Waals surface area (Å²) in [6.45, 7) is 6.92. The minimum atomic E-state index is -0.673. The number of aliphatic hydroxyl groups excluding tert-OH is 6. The second-order valence-corrected chi connectivity index (χ2v) is 24.2. The third-order valence-corrected chi connectivity index (χ3v) is 15.1. The van der Waals surface area contributed by atoms with Crippen molar-refractivity contribution < 1.29 is 107 Å². The normalized spacial score (nSPS) is 10.5. The second-order valence-electron chi connectivity index (χ2n) is 24.2. The molecule has 30 heteroatoms. The minimum Gasteiger partial charge on any atom is -0.484 e. The average molecular weight is 1620 g/mol. The summed E-state index contributed by atoms with van der Waals surface area (Å²) in [5.41, 5.74) is 8.62. The molecule has 30 nitrogen and oxygen atoms in total. The minimum absolute atomic E-state index is 0.0344. The first-order valence-electron chi connectivity index (χ1n) is 37.0. The third-order valence-electron chi connectivity index (χ3n) is 15.1. The lowest BCUT2D eigenvalue weighted by Crippen LogP contribution is -2.31. The van der Waals surface area contributed by atoms with Gasteiger partial charge in [0.1, 0.15) is 60.3 Å². The van der Waals surface area contributed by atoms with Crippen molar-refractivity contribution in [1.29, 1.82) is 0 Å². The molecular formula is C88H100N8O22. The first kappa shape index (κ1) is 94.7. The van der Waals surface area contributed by atoms with Gasteiger partial charge in [-0.1, -0.05) is 170 Å². The number of benzene rings is 8. The molecule has 0 aromatic heterocycles. The van der Waals surface area contributed by atoms with Gasteiger partial charge in [-0.15, -0.1) is 13.2 Å². The molecule has 14 N–H and O–H groups in total. The Balaban J connectivity index is 0.000000280. The van der Waals surface area contributed by atoms with Crippen molar-refractivity contribution in [1.82, 2.24) is 42.5 Å². The number of carbonyl (C=O) groups excluding carboxylic acids is 8. The van der Waals surface area contributed by atoms with Gasteiger partial charge < -0.3 is 106 Å². The summed E-state index contributed by atoms with van der Waals surface area (Å²) in [5.74, 6) is 2.20. The molecule has 0 aliphatic rings. The molecule has 8 amide bonds. The quantitative estimate of drug-likeness (QED) is 0.0112. The molecule has 118 heavy (non-hydrogen) atoms. The molecule has 0 saturated heterocycles. The Morgan fingerprint density at radius 1 is 0.254 bits per heavy atom. The summed E-state index contributed by atoms with van der Waals surface area (Å²) in [7, 11) is 0. The van der Waals surface area contributed by atoms with Crippen molar-refractivity contribution >= 4 is 96.1 Å². The Hall–Kier alpha value is -13.9. The summed E-state index contributed by atoms with van der Waals surface area (Å²) in [5, 5.41) is 71.5. The van der Waals surface area contributed by atoms with Gasteiger partial charge in [-0.05, 0) is 135 Å². The predicted octanol–water partition coefficient (Wildman–Crippen LogP) is 6.36. The van der Waals surface area contributed by atoms with Crippen LogP contribution in [0.15, 0.2) is 219 Å². The molecular weight excluding hydrogens is 1520 g/mol. The van der Waals surface area contributed by atoms with E-state index in [2.05, 4.69) is 55.7 Å². The molecule has 0 atom stereocenters. The highest BCUT2D eigenvalue weighted by molar-refractivity contribution is 5.81. The fourth-order valence-corrected chi connectivity index (χ4v) is 9.13. The van der Waals surface area contributed by atoms with Crippen LogP contribution in [0.2, 0.25) is 0 Å². The number of aliphatic hydroxyl groups is 6. The van der Waals surface area contributed by atoms with Gasteiger partial charge >= 0.3 is 6.09 Å². The van der Waals surface area contributed by atoms with Crippen LogP contribution in [0.4, 0.5) is 4.79 Å². The number of ether oxygens (including phenoxy) is 8. The van der Waals surface area contributed by atoms with E-state index in [9.17, 15) is 38.4 Å². The standard InChI is InChI=1S/C24H26N2O4.2C22H26N2O6.C20H22N2O6/c1-3-15-25-23(27)17-29-21-11-7-19(8-12-21)5-6-20-9-13-22(14-10-20)30-18-24(28)26-16-4-2;2*25-13-11-23-21(27)15-29-19-7-3-17(4-8-19)1-2-18-5-9-20(10-6-18)30-16-22(28)24-12-14-26;23-13-21-19(25)12-27-18-9-7-16(8-10-18)2-1-15-3-5-17(6-4-15)11-28-20(26)22-14-24/h3-14H,1-2,15-18H2,(H,25,27)(H,26,28);2*1-10,25-26H,11-16H2,(H,23,27)(H,24,28);1-10,23-24H,11-14H2,(H,21,25)(H,22,26)/b6-5+;3*2-1+. The van der Waals surface area contributed by atoms with Crippen LogP contribution < -0.4 is 75.7 Å². The molecule has 0 bridgehead atoms. The molecule has 0 radical (unpaired) electrons. The van der Waals surface area contributed by atoms with Crippen molar-refractivity contribution in [3.8, 4) is 40.2 Å². The number of nitrogens with one attached hydrogen (secondary N) is 8. The number of alkyl carbamates (subject to hydrolysis) is 1. The number of rotatable bonds is 45. The van der Waals surface area contributed by atoms with Crippen LogP contribution in [0.5, 0.6) is 40.2 Å². The predicted molar refractivity (Wildman–Crippen MR) is 448 cm³/mol. The fraction of sp³-hybridized carbons (Fsp3) is 0.227. The lowest BCUT2D eigenvalue weighted by atomic mass is 10.1. The van der Waals surface area contributed by atoms with Gasteiger partial charge in [0.25, 0.3) is 41.4 Å². The molecule has 0 aliphatic carbocycles. The van der Waals surface area contributed by atoms with Gasteiger partial charge in [-0.2, -0.15) is 0 Å². The topological polar surface area (TPSA) is 428 Å². The Kier molecular flexibility index (Phi) is 46.6. The summed E-state index contributed by atoms with van der Waals surface area (Å²) in [6.07, 6.45) is 18.1. The molecule has 0 fully saturated rings. The summed E-state index contributed by atoms with van der Waals surface area (Å²) in [6, 6.07) is 58.8. The smallest absolute Gasteiger partial charge is 0.409 e. The van der Waals surface area contributed by atoms with E-state index in [4.69, 9.17) is 68.5 Å². The van der Waals surface area contributed by atoms with Crippen molar-refractivity contribution in [3.63, 3.8) is 0 Å². The van der Waals surface area contributed by atoms with E-state index in [1.54, 1.807) is 72.8 Å². The van der Waals surface area contributed by atoms with E-state index in [-0.39, 0.29) is 141 Å². The van der Waals surface area contributed by atoms with Crippen molar-refractivity contribution in [2.75, 3.05) is 125 Å². The molecule has 0 aliphatic heterocycles. The van der Waals surface area contributed by atoms with Crippen LogP contribution in [0.3, 0.4) is 0 Å². The first-order valence-corrected chi connectivity index (χ1v) is 37.0. The van der Waals surface area contributed by atoms with Gasteiger partial charge in [0, 0.05) is 39.3 Å². The largest absolute Gasteiger partial charge is 0.484 e. The zero-order valence-corrected chi connectivity index (χ0v) is 65.0. The first-order chi connectivity index (χ1) is 57.4. The van der Waals surface area contributed by atoms with E-state index in [0.717, 1.165) is 50.1 Å². The van der Waals surface area contributed by atoms with Gasteiger partial charge in [-0.3, -0.25) is 38.9 Å². The van der Waals surface area contributed by atoms with Crippen molar-refractivity contribution in [2.24, 2.45) is 0 Å². The molecule has 8 aromatic carbocycles. The molecule has 8 aromatic rings. The lowest BCUT2D eigenvalue weighted by molar-refractivity contribution is -0.124. The van der Waals surface area contributed by atoms with Crippen LogP contribution in [-0.2, 0) is 44.9 Å². The van der Waals surface area contributed by atoms with E-state index >= 15 is 0 Å². The molecule has 0 spiro atoms. The SMILES string of the molecule is C=CCNC(=O)COc1ccc(/C=C/c2ccc(OCC(=O)NCC=C)cc2)cc1.O=C(COc1ccc(/C=C/c2ccc(COC(=O)NCO)cc2)cc1)NCO.O=C(COc1ccc(/C=C/c2ccc(OCC(=O)NCCO)cc2)cc1)NCCO.O=C(COc1ccc(/C=C/c2ccc(OCC(=O)NCCO)cc2)cc1)NCCO. The van der Waals surface area contributed by atoms with E-state index in [1.807, 2.05) is 182 Å². The monoisotopic (exact) mass is 1620 g/mol. The maximum atomic E-state index is 11.5. The van der Waals surface area contributed by atoms with Gasteiger partial charge in [-0.25, -0.2) is 4.79 Å². The van der Waals surface area contributed by atoms with Crippen molar-refractivity contribution in [3.05, 3.63) is 270 Å². The zero-order valence-electron chi connectivity index (χ0n) is 65.0. The Morgan fingerprint density at radius 2 is 0.441 bits per heavy atom. The van der Waals surface area contributed by atoms with Gasteiger partial charge in [0.2, 0.25) is 0 Å². The van der Waals surface area contributed by atoms with E-state index < -0.39 is 25.5 Å². The summed E-state index contributed by atoms with van der Waals surface area (Å²) >= 11 is 0. The summed E-state index contributed by atoms with van der Waals surface area (Å²) < 4.78 is 42.6. The van der Waals surface area contributed by atoms with Crippen LogP contribution in [0, 0.1) is 0 Å². The average Bonchev–Trinajstić information content (AvgIpc) is 0.890. The summed E-state index contributed by atoms with van der Waals surface area (Å²) in [4.78, 5) is 91.2. The number of carbonyl (C=O) groups is 8. The molecule has 0 saturated carbocycles. The highest BCUT2D eigenvalue weighted by Crippen LogP contribution is 2.22. The number of hydrogen-bond acceptors (Lipinski definition) is 22. The van der Waals surface area contributed by atoms with Gasteiger partial charge in [0.05, 0.1) is 26.4 Å². The van der Waals surface area contributed by atoms with Crippen LogP contribution >= 0.6 is 0 Å². The Morgan fingerprint density at radius 3 is 0.627 bits per heavy atom. The number of amides is 8. The number of hydrogen-bond donors (Lipinski definition) is 14. The third kappa shape index (κ3) is 42.8. The molecule has 0 unspecified atom stereocenters. The Bertz CT molecular complexity index is 4010. The molecule has 8 rings (SSSR count). The highest BCUT2D eigenvalue weighted by Gasteiger charge is 2.10. The zero-order chi connectivity index (χ0) is 85.0. The van der Waals surface area contributed by atoms with E-state index in [0.29, 0.717) is 53.3 Å². The maximum Gasteiger partial charge on any atom is 0.409 e.